The van der Waals surface area contributed by atoms with Crippen LogP contribution in [-0.4, -0.2) is 7.05 Å². The molecule has 1 N–H and O–H groups in total. The molecule has 1 atom stereocenters. The molecule has 4 heteroatoms. The number of nitrogens with one attached hydrogen (secondary N) is 1. The highest BCUT2D eigenvalue weighted by molar-refractivity contribution is 7.08. The Kier molecular flexibility index (Phi) is 3.31. The zero-order valence-corrected chi connectivity index (χ0v) is 9.52. The topological polar surface area (TPSA) is 12.0 Å². The van der Waals surface area contributed by atoms with Gasteiger partial charge in [0, 0.05) is 5.56 Å². The molecule has 0 spiro atoms. The summed E-state index contributed by atoms with van der Waals surface area (Å²) in [6.07, 6.45) is 0. The second-order valence-corrected chi connectivity index (χ2v) is 4.19. The molecule has 1 unspecified atom stereocenters. The third kappa shape index (κ3) is 1.99. The molecule has 2 rings (SSSR count). The summed E-state index contributed by atoms with van der Waals surface area (Å²) >= 11 is 1.50. The van der Waals surface area contributed by atoms with Gasteiger partial charge in [-0.15, -0.1) is 0 Å². The van der Waals surface area contributed by atoms with Crippen LogP contribution in [0.5, 0.6) is 0 Å². The molecule has 0 radical (unpaired) electrons. The molecule has 2 aromatic rings. The SMILES string of the molecule is CNC(c1ccsc1)c1c(F)cccc1F. The number of thiophene rings is 1. The Hall–Kier alpha value is -1.26. The first-order chi connectivity index (χ1) is 7.74. The van der Waals surface area contributed by atoms with E-state index >= 15 is 0 Å². The van der Waals surface area contributed by atoms with Gasteiger partial charge in [0.25, 0.3) is 0 Å². The van der Waals surface area contributed by atoms with E-state index in [4.69, 9.17) is 0 Å². The first-order valence-electron chi connectivity index (χ1n) is 4.87. The molecular formula is C12H11F2NS. The summed E-state index contributed by atoms with van der Waals surface area (Å²) in [5, 5.41) is 6.70. The fraction of sp³-hybridized carbons (Fsp3) is 0.167. The number of rotatable bonds is 3. The standard InChI is InChI=1S/C12H11F2NS/c1-15-12(8-5-6-16-7-8)11-9(13)3-2-4-10(11)14/h2-7,12,15H,1H3. The average molecular weight is 239 g/mol. The van der Waals surface area contributed by atoms with Crippen molar-refractivity contribution in [2.24, 2.45) is 0 Å². The molecule has 0 aliphatic heterocycles. The lowest BCUT2D eigenvalue weighted by Gasteiger charge is -2.16. The van der Waals surface area contributed by atoms with Gasteiger partial charge >= 0.3 is 0 Å². The van der Waals surface area contributed by atoms with E-state index in [0.29, 0.717) is 0 Å². The molecule has 1 nitrogen and oxygen atoms in total. The molecular weight excluding hydrogens is 228 g/mol. The highest BCUT2D eigenvalue weighted by Crippen LogP contribution is 2.27. The van der Waals surface area contributed by atoms with Crippen LogP contribution in [0.4, 0.5) is 8.78 Å². The van der Waals surface area contributed by atoms with Gasteiger partial charge in [0.1, 0.15) is 11.6 Å². The minimum atomic E-state index is -0.523. The molecule has 0 saturated heterocycles. The Bertz CT molecular complexity index is 448. The summed E-state index contributed by atoms with van der Waals surface area (Å²) < 4.78 is 27.2. The summed E-state index contributed by atoms with van der Waals surface area (Å²) in [4.78, 5) is 0. The molecule has 0 fully saturated rings. The summed E-state index contributed by atoms with van der Waals surface area (Å²) in [6.45, 7) is 0. The molecule has 1 aromatic heterocycles. The number of benzene rings is 1. The van der Waals surface area contributed by atoms with Gasteiger partial charge in [0.2, 0.25) is 0 Å². The van der Waals surface area contributed by atoms with Crippen molar-refractivity contribution < 1.29 is 8.78 Å². The molecule has 0 aliphatic rings. The fourth-order valence-electron chi connectivity index (χ4n) is 1.70. The van der Waals surface area contributed by atoms with Gasteiger partial charge in [-0.3, -0.25) is 0 Å². The van der Waals surface area contributed by atoms with Gasteiger partial charge in [-0.05, 0) is 41.6 Å². The van der Waals surface area contributed by atoms with Gasteiger partial charge < -0.3 is 5.32 Å². The van der Waals surface area contributed by atoms with Crippen molar-refractivity contribution in [3.05, 3.63) is 57.8 Å². The molecule has 1 heterocycles. The Morgan fingerprint density at radius 2 is 1.88 bits per heavy atom. The zero-order chi connectivity index (χ0) is 11.5. The Balaban J connectivity index is 2.49. The van der Waals surface area contributed by atoms with Crippen LogP contribution in [0.1, 0.15) is 17.2 Å². The smallest absolute Gasteiger partial charge is 0.131 e. The van der Waals surface area contributed by atoms with Gasteiger partial charge in [-0.25, -0.2) is 8.78 Å². The van der Waals surface area contributed by atoms with Crippen LogP contribution in [-0.2, 0) is 0 Å². The quantitative estimate of drug-likeness (QED) is 0.866. The maximum absolute atomic E-state index is 13.6. The van der Waals surface area contributed by atoms with Crippen molar-refractivity contribution in [3.63, 3.8) is 0 Å². The summed E-state index contributed by atoms with van der Waals surface area (Å²) in [7, 11) is 1.69. The molecule has 0 bridgehead atoms. The lowest BCUT2D eigenvalue weighted by atomic mass is 10.0. The van der Waals surface area contributed by atoms with Gasteiger partial charge in [0.05, 0.1) is 6.04 Å². The van der Waals surface area contributed by atoms with Crippen molar-refractivity contribution in [3.8, 4) is 0 Å². The van der Waals surface area contributed by atoms with Crippen LogP contribution in [0.2, 0.25) is 0 Å². The lowest BCUT2D eigenvalue weighted by molar-refractivity contribution is 0.522. The predicted molar refractivity (Wildman–Crippen MR) is 61.6 cm³/mol. The summed E-state index contributed by atoms with van der Waals surface area (Å²) in [6, 6.07) is 5.34. The molecule has 1 aromatic carbocycles. The maximum atomic E-state index is 13.6. The summed E-state index contributed by atoms with van der Waals surface area (Å²) in [5.41, 5.74) is 0.944. The van der Waals surface area contributed by atoms with Crippen LogP contribution in [0.3, 0.4) is 0 Å². The van der Waals surface area contributed by atoms with Crippen molar-refractivity contribution in [2.75, 3.05) is 7.05 Å². The number of hydrogen-bond acceptors (Lipinski definition) is 2. The van der Waals surface area contributed by atoms with E-state index in [1.807, 2.05) is 16.8 Å². The number of halogens is 2. The second-order valence-electron chi connectivity index (χ2n) is 3.41. The Morgan fingerprint density at radius 3 is 2.38 bits per heavy atom. The van der Waals surface area contributed by atoms with Crippen molar-refractivity contribution in [1.82, 2.24) is 5.32 Å². The monoisotopic (exact) mass is 239 g/mol. The fourth-order valence-corrected chi connectivity index (χ4v) is 2.39. The first kappa shape index (κ1) is 11.2. The van der Waals surface area contributed by atoms with Crippen molar-refractivity contribution in [2.45, 2.75) is 6.04 Å². The number of hydrogen-bond donors (Lipinski definition) is 1. The van der Waals surface area contributed by atoms with Crippen LogP contribution < -0.4 is 5.32 Å². The highest BCUT2D eigenvalue weighted by Gasteiger charge is 2.20. The normalized spacial score (nSPS) is 12.7. The maximum Gasteiger partial charge on any atom is 0.131 e. The average Bonchev–Trinajstić information content (AvgIpc) is 2.77. The predicted octanol–water partition coefficient (Wildman–Crippen LogP) is 3.34. The first-order valence-corrected chi connectivity index (χ1v) is 5.81. The Labute approximate surface area is 96.7 Å². The second kappa shape index (κ2) is 4.72. The third-order valence-electron chi connectivity index (χ3n) is 2.45. The zero-order valence-electron chi connectivity index (χ0n) is 8.71. The van der Waals surface area contributed by atoms with E-state index in [1.54, 1.807) is 7.05 Å². The van der Waals surface area contributed by atoms with Crippen LogP contribution in [0.25, 0.3) is 0 Å². The van der Waals surface area contributed by atoms with Crippen LogP contribution in [0, 0.1) is 11.6 Å². The van der Waals surface area contributed by atoms with E-state index in [-0.39, 0.29) is 5.56 Å². The van der Waals surface area contributed by atoms with E-state index < -0.39 is 17.7 Å². The molecule has 0 aliphatic carbocycles. The molecule has 0 amide bonds. The van der Waals surface area contributed by atoms with Gasteiger partial charge in [0.15, 0.2) is 0 Å². The third-order valence-corrected chi connectivity index (χ3v) is 3.16. The summed E-state index contributed by atoms with van der Waals surface area (Å²) in [5.74, 6) is -1.05. The minimum Gasteiger partial charge on any atom is -0.309 e. The largest absolute Gasteiger partial charge is 0.309 e. The molecule has 16 heavy (non-hydrogen) atoms. The van der Waals surface area contributed by atoms with Gasteiger partial charge in [-0.1, -0.05) is 6.07 Å². The van der Waals surface area contributed by atoms with E-state index in [0.717, 1.165) is 5.56 Å². The van der Waals surface area contributed by atoms with Gasteiger partial charge in [-0.2, -0.15) is 11.3 Å². The lowest BCUT2D eigenvalue weighted by Crippen LogP contribution is -2.19. The molecule has 0 saturated carbocycles. The van der Waals surface area contributed by atoms with E-state index in [1.165, 1.54) is 29.5 Å². The molecule has 84 valence electrons. The minimum absolute atomic E-state index is 0.0726. The highest BCUT2D eigenvalue weighted by atomic mass is 32.1. The van der Waals surface area contributed by atoms with Crippen LogP contribution >= 0.6 is 11.3 Å². The van der Waals surface area contributed by atoms with Crippen molar-refractivity contribution in [1.29, 1.82) is 0 Å². The van der Waals surface area contributed by atoms with E-state index in [9.17, 15) is 8.78 Å². The Morgan fingerprint density at radius 1 is 1.19 bits per heavy atom. The van der Waals surface area contributed by atoms with Crippen LogP contribution in [0.15, 0.2) is 35.0 Å². The van der Waals surface area contributed by atoms with E-state index in [2.05, 4.69) is 5.32 Å². The van der Waals surface area contributed by atoms with Crippen molar-refractivity contribution >= 4 is 11.3 Å².